The van der Waals surface area contributed by atoms with Gasteiger partial charge in [0.1, 0.15) is 0 Å². The molecule has 0 aromatic carbocycles. The van der Waals surface area contributed by atoms with Gasteiger partial charge in [-0.05, 0) is 13.3 Å². The molecule has 1 aliphatic heterocycles. The highest BCUT2D eigenvalue weighted by molar-refractivity contribution is 5.39. The van der Waals surface area contributed by atoms with E-state index in [1.54, 1.807) is 10.9 Å². The largest absolute Gasteiger partial charge is 0.394 e. The van der Waals surface area contributed by atoms with Crippen LogP contribution < -0.4 is 5.32 Å². The van der Waals surface area contributed by atoms with E-state index in [0.717, 1.165) is 18.7 Å². The second-order valence-corrected chi connectivity index (χ2v) is 3.83. The fraction of sp³-hybridized carbons (Fsp3) is 0.700. The van der Waals surface area contributed by atoms with Gasteiger partial charge in [-0.25, -0.2) is 0 Å². The van der Waals surface area contributed by atoms with Crippen LogP contribution in [0.25, 0.3) is 0 Å². The fourth-order valence-electron chi connectivity index (χ4n) is 1.80. The Morgan fingerprint density at radius 1 is 1.73 bits per heavy atom. The van der Waals surface area contributed by atoms with Gasteiger partial charge in [0.25, 0.3) is 0 Å². The first-order valence-corrected chi connectivity index (χ1v) is 5.31. The lowest BCUT2D eigenvalue weighted by Crippen LogP contribution is -2.26. The zero-order valence-corrected chi connectivity index (χ0v) is 8.89. The first kappa shape index (κ1) is 10.4. The highest BCUT2D eigenvalue weighted by Gasteiger charge is 2.23. The van der Waals surface area contributed by atoms with E-state index in [2.05, 4.69) is 17.3 Å². The van der Waals surface area contributed by atoms with E-state index in [0.29, 0.717) is 12.6 Å². The van der Waals surface area contributed by atoms with Crippen molar-refractivity contribution in [2.75, 3.05) is 18.5 Å². The summed E-state index contributed by atoms with van der Waals surface area (Å²) in [5, 5.41) is 16.3. The zero-order chi connectivity index (χ0) is 10.7. The predicted octanol–water partition coefficient (Wildman–Crippen LogP) is 0.465. The number of hydrogen-bond donors (Lipinski definition) is 2. The summed E-state index contributed by atoms with van der Waals surface area (Å²) in [4.78, 5) is 0. The highest BCUT2D eigenvalue weighted by atomic mass is 16.5. The summed E-state index contributed by atoms with van der Waals surface area (Å²) in [6.07, 6.45) is 4.97. The lowest BCUT2D eigenvalue weighted by molar-refractivity contribution is 0.121. The molecular formula is C10H17N3O2. The Morgan fingerprint density at radius 3 is 3.27 bits per heavy atom. The monoisotopic (exact) mass is 211 g/mol. The standard InChI is InChI=1S/C10H17N3O2/c1-8-10(2-5-15-8)12-9-6-11-13(7-9)3-4-14/h6-8,10,12,14H,2-5H2,1H3. The van der Waals surface area contributed by atoms with Gasteiger partial charge in [0, 0.05) is 12.8 Å². The molecule has 1 aromatic rings. The molecule has 2 heterocycles. The van der Waals surface area contributed by atoms with Gasteiger partial charge >= 0.3 is 0 Å². The van der Waals surface area contributed by atoms with Crippen LogP contribution in [-0.2, 0) is 11.3 Å². The number of nitrogens with one attached hydrogen (secondary N) is 1. The molecule has 1 aromatic heterocycles. The first-order chi connectivity index (χ1) is 7.29. The lowest BCUT2D eigenvalue weighted by Gasteiger charge is -2.15. The Hall–Kier alpha value is -1.07. The third-order valence-electron chi connectivity index (χ3n) is 2.69. The third-order valence-corrected chi connectivity index (χ3v) is 2.69. The van der Waals surface area contributed by atoms with Crippen LogP contribution in [0.5, 0.6) is 0 Å². The van der Waals surface area contributed by atoms with Gasteiger partial charge in [0.2, 0.25) is 0 Å². The van der Waals surface area contributed by atoms with Gasteiger partial charge in [0.15, 0.2) is 0 Å². The molecule has 1 fully saturated rings. The Bertz CT molecular complexity index is 313. The number of ether oxygens (including phenoxy) is 1. The molecule has 1 aliphatic rings. The molecule has 15 heavy (non-hydrogen) atoms. The molecule has 5 heteroatoms. The van der Waals surface area contributed by atoms with E-state index in [-0.39, 0.29) is 12.7 Å². The number of anilines is 1. The third kappa shape index (κ3) is 2.49. The molecule has 2 unspecified atom stereocenters. The second kappa shape index (κ2) is 4.63. The summed E-state index contributed by atoms with van der Waals surface area (Å²) >= 11 is 0. The van der Waals surface area contributed by atoms with Crippen molar-refractivity contribution < 1.29 is 9.84 Å². The Morgan fingerprint density at radius 2 is 2.60 bits per heavy atom. The average molecular weight is 211 g/mol. The van der Waals surface area contributed by atoms with Crippen molar-refractivity contribution in [2.45, 2.75) is 32.0 Å². The molecule has 0 spiro atoms. The summed E-state index contributed by atoms with van der Waals surface area (Å²) in [6.45, 7) is 3.55. The summed E-state index contributed by atoms with van der Waals surface area (Å²) in [7, 11) is 0. The van der Waals surface area contributed by atoms with Crippen LogP contribution >= 0.6 is 0 Å². The van der Waals surface area contributed by atoms with Crippen molar-refractivity contribution >= 4 is 5.69 Å². The fourth-order valence-corrected chi connectivity index (χ4v) is 1.80. The van der Waals surface area contributed by atoms with Crippen LogP contribution in [0, 0.1) is 0 Å². The first-order valence-electron chi connectivity index (χ1n) is 5.31. The number of rotatable bonds is 4. The molecule has 5 nitrogen and oxygen atoms in total. The van der Waals surface area contributed by atoms with Crippen LogP contribution in [0.3, 0.4) is 0 Å². The summed E-state index contributed by atoms with van der Waals surface area (Å²) in [6, 6.07) is 0.372. The van der Waals surface area contributed by atoms with Crippen molar-refractivity contribution in [1.82, 2.24) is 9.78 Å². The summed E-state index contributed by atoms with van der Waals surface area (Å²) in [5.74, 6) is 0. The number of nitrogens with zero attached hydrogens (tertiary/aromatic N) is 2. The Labute approximate surface area is 89.0 Å². The van der Waals surface area contributed by atoms with Crippen LogP contribution in [0.15, 0.2) is 12.4 Å². The smallest absolute Gasteiger partial charge is 0.0748 e. The van der Waals surface area contributed by atoms with E-state index in [1.165, 1.54) is 0 Å². The van der Waals surface area contributed by atoms with Gasteiger partial charge in [-0.1, -0.05) is 0 Å². The Balaban J connectivity index is 1.92. The molecule has 0 radical (unpaired) electrons. The molecular weight excluding hydrogens is 194 g/mol. The maximum absolute atomic E-state index is 8.75. The minimum atomic E-state index is 0.115. The van der Waals surface area contributed by atoms with E-state index >= 15 is 0 Å². The van der Waals surface area contributed by atoms with Gasteiger partial charge < -0.3 is 15.2 Å². The van der Waals surface area contributed by atoms with E-state index in [9.17, 15) is 0 Å². The zero-order valence-electron chi connectivity index (χ0n) is 8.89. The minimum Gasteiger partial charge on any atom is -0.394 e. The van der Waals surface area contributed by atoms with Crippen LogP contribution in [0.2, 0.25) is 0 Å². The summed E-state index contributed by atoms with van der Waals surface area (Å²) in [5.41, 5.74) is 0.991. The van der Waals surface area contributed by atoms with Gasteiger partial charge in [-0.3, -0.25) is 4.68 Å². The normalized spacial score (nSPS) is 25.7. The average Bonchev–Trinajstić information content (AvgIpc) is 2.79. The van der Waals surface area contributed by atoms with E-state index in [4.69, 9.17) is 9.84 Å². The molecule has 0 saturated carbocycles. The topological polar surface area (TPSA) is 59.3 Å². The lowest BCUT2D eigenvalue weighted by atomic mass is 10.1. The van der Waals surface area contributed by atoms with E-state index in [1.807, 2.05) is 6.20 Å². The summed E-state index contributed by atoms with van der Waals surface area (Å²) < 4.78 is 7.19. The van der Waals surface area contributed by atoms with Crippen LogP contribution in [0.1, 0.15) is 13.3 Å². The molecule has 0 aliphatic carbocycles. The highest BCUT2D eigenvalue weighted by Crippen LogP contribution is 2.18. The molecule has 1 saturated heterocycles. The van der Waals surface area contributed by atoms with Gasteiger partial charge in [-0.15, -0.1) is 0 Å². The minimum absolute atomic E-state index is 0.115. The Kier molecular flexibility index (Phi) is 3.23. The maximum atomic E-state index is 8.75. The van der Waals surface area contributed by atoms with Gasteiger partial charge in [0.05, 0.1) is 37.2 Å². The molecule has 2 N–H and O–H groups in total. The second-order valence-electron chi connectivity index (χ2n) is 3.83. The SMILES string of the molecule is CC1OCCC1Nc1cnn(CCO)c1. The quantitative estimate of drug-likeness (QED) is 0.760. The molecule has 2 rings (SSSR count). The molecule has 0 amide bonds. The van der Waals surface area contributed by atoms with Crippen molar-refractivity contribution in [3.63, 3.8) is 0 Å². The number of aliphatic hydroxyl groups is 1. The number of aromatic nitrogens is 2. The van der Waals surface area contributed by atoms with Crippen molar-refractivity contribution in [3.8, 4) is 0 Å². The maximum Gasteiger partial charge on any atom is 0.0748 e. The van der Waals surface area contributed by atoms with E-state index < -0.39 is 0 Å². The van der Waals surface area contributed by atoms with Crippen molar-refractivity contribution in [1.29, 1.82) is 0 Å². The molecule has 2 atom stereocenters. The number of aliphatic hydroxyl groups excluding tert-OH is 1. The van der Waals surface area contributed by atoms with Crippen LogP contribution in [-0.4, -0.2) is 40.2 Å². The van der Waals surface area contributed by atoms with Gasteiger partial charge in [-0.2, -0.15) is 5.10 Å². The van der Waals surface area contributed by atoms with Crippen LogP contribution in [0.4, 0.5) is 5.69 Å². The van der Waals surface area contributed by atoms with Crippen molar-refractivity contribution in [3.05, 3.63) is 12.4 Å². The number of hydrogen-bond acceptors (Lipinski definition) is 4. The molecule has 0 bridgehead atoms. The predicted molar refractivity (Wildman–Crippen MR) is 56.8 cm³/mol. The molecule has 84 valence electrons. The van der Waals surface area contributed by atoms with Crippen molar-refractivity contribution in [2.24, 2.45) is 0 Å².